The molecule has 1 rings (SSSR count). The Kier molecular flexibility index (Phi) is 4.45. The largest absolute Gasteiger partial charge is 0.478 e. The second-order valence-corrected chi connectivity index (χ2v) is 4.36. The van der Waals surface area contributed by atoms with Crippen molar-refractivity contribution in [1.29, 1.82) is 0 Å². The number of aryl methyl sites for hydroxylation is 1. The molecule has 0 fully saturated rings. The zero-order chi connectivity index (χ0) is 13.0. The lowest BCUT2D eigenvalue weighted by Gasteiger charge is -2.22. The van der Waals surface area contributed by atoms with Crippen LogP contribution in [-0.2, 0) is 0 Å². The van der Waals surface area contributed by atoms with Crippen LogP contribution in [0.5, 0.6) is 0 Å². The molecule has 0 atom stereocenters. The topological polar surface area (TPSA) is 56.7 Å². The van der Waals surface area contributed by atoms with Crippen LogP contribution in [0.4, 0.5) is 5.82 Å². The monoisotopic (exact) mass is 237 g/mol. The van der Waals surface area contributed by atoms with Gasteiger partial charge in [0.15, 0.2) is 0 Å². The quantitative estimate of drug-likeness (QED) is 0.830. The van der Waals surface area contributed by atoms with Gasteiger partial charge in [-0.05, 0) is 32.6 Å². The first-order chi connectivity index (χ1) is 7.93. The summed E-state index contributed by atoms with van der Waals surface area (Å²) >= 11 is 0. The molecule has 0 aliphatic rings. The molecule has 5 nitrogen and oxygen atoms in total. The average Bonchev–Trinajstić information content (AvgIpc) is 2.24. The fourth-order valence-electron chi connectivity index (χ4n) is 1.55. The number of carboxylic acids is 1. The van der Waals surface area contributed by atoms with Crippen LogP contribution >= 0.6 is 0 Å². The van der Waals surface area contributed by atoms with Gasteiger partial charge in [0.25, 0.3) is 0 Å². The minimum atomic E-state index is -0.928. The van der Waals surface area contributed by atoms with Crippen molar-refractivity contribution in [2.75, 3.05) is 39.1 Å². The molecule has 0 spiro atoms. The third-order valence-corrected chi connectivity index (χ3v) is 2.60. The van der Waals surface area contributed by atoms with Gasteiger partial charge in [-0.3, -0.25) is 0 Å². The van der Waals surface area contributed by atoms with E-state index in [4.69, 9.17) is 0 Å². The molecular weight excluding hydrogens is 218 g/mol. The summed E-state index contributed by atoms with van der Waals surface area (Å²) in [6, 6.07) is 1.72. The van der Waals surface area contributed by atoms with Crippen molar-refractivity contribution in [3.8, 4) is 0 Å². The molecule has 0 saturated carbocycles. The molecule has 0 amide bonds. The van der Waals surface area contributed by atoms with Gasteiger partial charge in [0.05, 0.1) is 0 Å². The van der Waals surface area contributed by atoms with Gasteiger partial charge in [-0.2, -0.15) is 0 Å². The van der Waals surface area contributed by atoms with Crippen molar-refractivity contribution < 1.29 is 9.90 Å². The molecule has 1 aromatic rings. The van der Waals surface area contributed by atoms with Crippen LogP contribution in [0.25, 0.3) is 0 Å². The molecule has 1 N–H and O–H groups in total. The Morgan fingerprint density at radius 2 is 2.00 bits per heavy atom. The Bertz CT molecular complexity index is 405. The van der Waals surface area contributed by atoms with Crippen LogP contribution in [0.15, 0.2) is 12.3 Å². The molecule has 0 bridgehead atoms. The summed E-state index contributed by atoms with van der Waals surface area (Å²) in [6.07, 6.45) is 1.64. The van der Waals surface area contributed by atoms with Crippen LogP contribution in [0.1, 0.15) is 15.9 Å². The number of hydrogen-bond donors (Lipinski definition) is 1. The number of rotatable bonds is 5. The molecule has 1 heterocycles. The molecule has 5 heteroatoms. The van der Waals surface area contributed by atoms with Crippen molar-refractivity contribution in [3.63, 3.8) is 0 Å². The fraction of sp³-hybridized carbons (Fsp3) is 0.500. The molecule has 94 valence electrons. The maximum Gasteiger partial charge on any atom is 0.339 e. The summed E-state index contributed by atoms with van der Waals surface area (Å²) < 4.78 is 0. The molecular formula is C12H19N3O2. The van der Waals surface area contributed by atoms with E-state index in [1.165, 1.54) is 0 Å². The van der Waals surface area contributed by atoms with E-state index < -0.39 is 5.97 Å². The highest BCUT2D eigenvalue weighted by atomic mass is 16.4. The predicted molar refractivity (Wildman–Crippen MR) is 67.8 cm³/mol. The van der Waals surface area contributed by atoms with Gasteiger partial charge in [0.2, 0.25) is 0 Å². The highest BCUT2D eigenvalue weighted by Gasteiger charge is 2.17. The number of nitrogens with zero attached hydrogens (tertiary/aromatic N) is 3. The van der Waals surface area contributed by atoms with E-state index in [2.05, 4.69) is 4.98 Å². The van der Waals surface area contributed by atoms with Gasteiger partial charge < -0.3 is 14.9 Å². The highest BCUT2D eigenvalue weighted by molar-refractivity contribution is 5.94. The lowest BCUT2D eigenvalue weighted by molar-refractivity contribution is 0.0696. The summed E-state index contributed by atoms with van der Waals surface area (Å²) in [4.78, 5) is 19.3. The lowest BCUT2D eigenvalue weighted by atomic mass is 10.1. The third-order valence-electron chi connectivity index (χ3n) is 2.60. The van der Waals surface area contributed by atoms with Crippen molar-refractivity contribution in [1.82, 2.24) is 9.88 Å². The van der Waals surface area contributed by atoms with E-state index in [1.54, 1.807) is 19.2 Å². The van der Waals surface area contributed by atoms with Gasteiger partial charge in [0.1, 0.15) is 11.4 Å². The van der Waals surface area contributed by atoms with Crippen LogP contribution < -0.4 is 4.90 Å². The number of carboxylic acid groups (broad SMARTS) is 1. The third kappa shape index (κ3) is 3.42. The average molecular weight is 237 g/mol. The molecule has 0 saturated heterocycles. The summed E-state index contributed by atoms with van der Waals surface area (Å²) in [5.74, 6) is -0.401. The van der Waals surface area contributed by atoms with E-state index in [9.17, 15) is 9.90 Å². The predicted octanol–water partition coefficient (Wildman–Crippen LogP) is 1.09. The van der Waals surface area contributed by atoms with Crippen LogP contribution in [0.2, 0.25) is 0 Å². The summed E-state index contributed by atoms with van der Waals surface area (Å²) in [6.45, 7) is 3.38. The Labute approximate surface area is 102 Å². The fourth-order valence-corrected chi connectivity index (χ4v) is 1.55. The van der Waals surface area contributed by atoms with Gasteiger partial charge in [-0.1, -0.05) is 0 Å². The number of aromatic carboxylic acids is 1. The summed E-state index contributed by atoms with van der Waals surface area (Å²) in [5.41, 5.74) is 1.02. The first-order valence-electron chi connectivity index (χ1n) is 5.48. The number of hydrogen-bond acceptors (Lipinski definition) is 4. The van der Waals surface area contributed by atoms with Gasteiger partial charge in [0, 0.05) is 26.3 Å². The zero-order valence-corrected chi connectivity index (χ0v) is 10.8. The maximum atomic E-state index is 11.2. The normalized spacial score (nSPS) is 10.6. The molecule has 0 unspecified atom stereocenters. The van der Waals surface area contributed by atoms with E-state index in [0.717, 1.165) is 18.7 Å². The second-order valence-electron chi connectivity index (χ2n) is 4.36. The summed E-state index contributed by atoms with van der Waals surface area (Å²) in [7, 11) is 5.82. The first kappa shape index (κ1) is 13.4. The molecule has 17 heavy (non-hydrogen) atoms. The van der Waals surface area contributed by atoms with Crippen molar-refractivity contribution in [3.05, 3.63) is 23.4 Å². The van der Waals surface area contributed by atoms with Crippen LogP contribution in [-0.4, -0.2) is 55.2 Å². The Hall–Kier alpha value is -1.62. The second kappa shape index (κ2) is 5.63. The number of anilines is 1. The molecule has 0 radical (unpaired) electrons. The smallest absolute Gasteiger partial charge is 0.339 e. The number of likely N-dealkylation sites (N-methyl/N-ethyl adjacent to an activating group) is 2. The van der Waals surface area contributed by atoms with E-state index in [0.29, 0.717) is 5.82 Å². The molecule has 0 aliphatic carbocycles. The number of carbonyl (C=O) groups is 1. The summed E-state index contributed by atoms with van der Waals surface area (Å²) in [5, 5.41) is 9.20. The standard InChI is InChI=1S/C12H19N3O2/c1-9-5-6-13-11(10(9)12(16)17)15(4)8-7-14(2)3/h5-6H,7-8H2,1-4H3,(H,16,17). The van der Waals surface area contributed by atoms with Crippen LogP contribution in [0, 0.1) is 6.92 Å². The Morgan fingerprint density at radius 3 is 2.53 bits per heavy atom. The van der Waals surface area contributed by atoms with E-state index in [1.807, 2.05) is 30.9 Å². The number of pyridine rings is 1. The van der Waals surface area contributed by atoms with Gasteiger partial charge in [-0.15, -0.1) is 0 Å². The van der Waals surface area contributed by atoms with Crippen molar-refractivity contribution in [2.24, 2.45) is 0 Å². The van der Waals surface area contributed by atoms with Crippen molar-refractivity contribution >= 4 is 11.8 Å². The van der Waals surface area contributed by atoms with Gasteiger partial charge in [-0.25, -0.2) is 9.78 Å². The van der Waals surface area contributed by atoms with Gasteiger partial charge >= 0.3 is 5.97 Å². The molecule has 0 aromatic carbocycles. The first-order valence-corrected chi connectivity index (χ1v) is 5.48. The minimum Gasteiger partial charge on any atom is -0.478 e. The SMILES string of the molecule is Cc1ccnc(N(C)CCN(C)C)c1C(=O)O. The highest BCUT2D eigenvalue weighted by Crippen LogP contribution is 2.19. The van der Waals surface area contributed by atoms with Crippen molar-refractivity contribution in [2.45, 2.75) is 6.92 Å². The number of aromatic nitrogens is 1. The Morgan fingerprint density at radius 1 is 1.35 bits per heavy atom. The minimum absolute atomic E-state index is 0.286. The lowest BCUT2D eigenvalue weighted by Crippen LogP contribution is -2.30. The molecule has 0 aliphatic heterocycles. The van der Waals surface area contributed by atoms with E-state index >= 15 is 0 Å². The Balaban J connectivity index is 2.96. The zero-order valence-electron chi connectivity index (χ0n) is 10.8. The van der Waals surface area contributed by atoms with E-state index in [-0.39, 0.29) is 5.56 Å². The maximum absolute atomic E-state index is 11.2. The molecule has 1 aromatic heterocycles. The van der Waals surface area contributed by atoms with Crippen LogP contribution in [0.3, 0.4) is 0 Å².